The van der Waals surface area contributed by atoms with Crippen LogP contribution in [0.5, 0.6) is 11.5 Å². The fourth-order valence-corrected chi connectivity index (χ4v) is 2.54. The maximum absolute atomic E-state index is 11.8. The van der Waals surface area contributed by atoms with E-state index in [1.165, 1.54) is 12.1 Å². The van der Waals surface area contributed by atoms with Crippen molar-refractivity contribution in [2.75, 3.05) is 6.61 Å². The molecule has 2 N–H and O–H groups in total. The molecule has 0 fully saturated rings. The maximum Gasteiger partial charge on any atom is 0.312 e. The Morgan fingerprint density at radius 2 is 2.15 bits per heavy atom. The number of nitrogens with zero attached hydrogens (tertiary/aromatic N) is 2. The predicted octanol–water partition coefficient (Wildman–Crippen LogP) is 3.21. The number of amides is 1. The number of aryl methyl sites for hydroxylation is 1. The van der Waals surface area contributed by atoms with Gasteiger partial charge in [-0.15, -0.1) is 0 Å². The molecule has 0 heterocycles. The third kappa shape index (κ3) is 4.79. The molecule has 0 spiro atoms. The van der Waals surface area contributed by atoms with Crippen LogP contribution in [0.15, 0.2) is 39.9 Å². The van der Waals surface area contributed by atoms with Crippen LogP contribution in [0, 0.1) is 24.0 Å². The summed E-state index contributed by atoms with van der Waals surface area (Å²) in [5.74, 6) is -0.446. The van der Waals surface area contributed by atoms with E-state index in [9.17, 15) is 20.0 Å². The lowest BCUT2D eigenvalue weighted by atomic mass is 10.1. The van der Waals surface area contributed by atoms with Crippen molar-refractivity contribution in [1.29, 1.82) is 0 Å². The average molecular weight is 422 g/mol. The van der Waals surface area contributed by atoms with Crippen molar-refractivity contribution >= 4 is 33.7 Å². The molecule has 136 valence electrons. The standard InChI is InChI=1S/C17H16BrN3O5/c1-10-4-3-5-15(11(10)2)26-9-16(22)20-19-8-12-6-13(18)7-14(17(12)23)21(24)25/h3-8,23H,9H2,1-2H3,(H,20,22)/b19-8+. The summed E-state index contributed by atoms with van der Waals surface area (Å²) in [6, 6.07) is 8.14. The Balaban J connectivity index is 1.99. The lowest BCUT2D eigenvalue weighted by Crippen LogP contribution is -2.24. The van der Waals surface area contributed by atoms with E-state index in [2.05, 4.69) is 26.5 Å². The van der Waals surface area contributed by atoms with Crippen LogP contribution in [0.4, 0.5) is 5.69 Å². The molecule has 0 aromatic heterocycles. The number of aromatic hydroxyl groups is 1. The van der Waals surface area contributed by atoms with E-state index in [1.54, 1.807) is 6.07 Å². The minimum absolute atomic E-state index is 0.0850. The molecule has 0 aliphatic heterocycles. The Labute approximate surface area is 157 Å². The molecule has 1 amide bonds. The average Bonchev–Trinajstić information content (AvgIpc) is 2.58. The van der Waals surface area contributed by atoms with Gasteiger partial charge in [-0.2, -0.15) is 5.10 Å². The van der Waals surface area contributed by atoms with Crippen molar-refractivity contribution in [3.05, 3.63) is 61.6 Å². The highest BCUT2D eigenvalue weighted by Crippen LogP contribution is 2.32. The predicted molar refractivity (Wildman–Crippen MR) is 99.6 cm³/mol. The zero-order chi connectivity index (χ0) is 19.3. The highest BCUT2D eigenvalue weighted by Gasteiger charge is 2.17. The van der Waals surface area contributed by atoms with Crippen LogP contribution in [-0.2, 0) is 4.79 Å². The molecule has 9 heteroatoms. The Bertz CT molecular complexity index is 883. The lowest BCUT2D eigenvalue weighted by Gasteiger charge is -2.09. The number of carbonyl (C=O) groups is 1. The van der Waals surface area contributed by atoms with E-state index < -0.39 is 22.3 Å². The van der Waals surface area contributed by atoms with Gasteiger partial charge in [-0.1, -0.05) is 28.1 Å². The van der Waals surface area contributed by atoms with Crippen molar-refractivity contribution in [3.63, 3.8) is 0 Å². The van der Waals surface area contributed by atoms with Gasteiger partial charge in [0.1, 0.15) is 5.75 Å². The van der Waals surface area contributed by atoms with Crippen molar-refractivity contribution in [2.45, 2.75) is 13.8 Å². The largest absolute Gasteiger partial charge is 0.502 e. The van der Waals surface area contributed by atoms with Crippen LogP contribution in [0.2, 0.25) is 0 Å². The SMILES string of the molecule is Cc1cccc(OCC(=O)N/N=C/c2cc(Br)cc([N+](=O)[O-])c2O)c1C. The van der Waals surface area contributed by atoms with Gasteiger partial charge in [-0.05, 0) is 37.1 Å². The number of hydrogen-bond acceptors (Lipinski definition) is 6. The molecule has 0 bridgehead atoms. The smallest absolute Gasteiger partial charge is 0.312 e. The van der Waals surface area contributed by atoms with E-state index >= 15 is 0 Å². The van der Waals surface area contributed by atoms with Gasteiger partial charge in [-0.25, -0.2) is 5.43 Å². The lowest BCUT2D eigenvalue weighted by molar-refractivity contribution is -0.385. The summed E-state index contributed by atoms with van der Waals surface area (Å²) < 4.78 is 5.84. The number of nitro groups is 1. The summed E-state index contributed by atoms with van der Waals surface area (Å²) in [5.41, 5.74) is 3.85. The highest BCUT2D eigenvalue weighted by atomic mass is 79.9. The number of halogens is 1. The molecule has 26 heavy (non-hydrogen) atoms. The van der Waals surface area contributed by atoms with Crippen LogP contribution in [0.1, 0.15) is 16.7 Å². The molecular formula is C17H16BrN3O5. The first-order valence-corrected chi connectivity index (χ1v) is 8.26. The van der Waals surface area contributed by atoms with Gasteiger partial charge >= 0.3 is 5.69 Å². The van der Waals surface area contributed by atoms with Gasteiger partial charge in [-0.3, -0.25) is 14.9 Å². The molecule has 2 aromatic carbocycles. The van der Waals surface area contributed by atoms with Gasteiger partial charge < -0.3 is 9.84 Å². The van der Waals surface area contributed by atoms with Gasteiger partial charge in [0, 0.05) is 16.1 Å². The quantitative estimate of drug-likeness (QED) is 0.422. The van der Waals surface area contributed by atoms with Gasteiger partial charge in [0.25, 0.3) is 5.91 Å². The summed E-state index contributed by atoms with van der Waals surface area (Å²) >= 11 is 3.12. The molecule has 2 aromatic rings. The van der Waals surface area contributed by atoms with Crippen LogP contribution in [0.3, 0.4) is 0 Å². The van der Waals surface area contributed by atoms with Crippen LogP contribution in [0.25, 0.3) is 0 Å². The molecular weight excluding hydrogens is 406 g/mol. The maximum atomic E-state index is 11.8. The Kier molecular flexibility index (Phi) is 6.29. The Morgan fingerprint density at radius 1 is 1.42 bits per heavy atom. The molecule has 8 nitrogen and oxygen atoms in total. The van der Waals surface area contributed by atoms with E-state index in [0.29, 0.717) is 10.2 Å². The number of ether oxygens (including phenoxy) is 1. The summed E-state index contributed by atoms with van der Waals surface area (Å²) in [6.07, 6.45) is 1.11. The number of hydrazone groups is 1. The number of carbonyl (C=O) groups excluding carboxylic acids is 1. The fourth-order valence-electron chi connectivity index (χ4n) is 2.07. The topological polar surface area (TPSA) is 114 Å². The van der Waals surface area contributed by atoms with Crippen molar-refractivity contribution in [1.82, 2.24) is 5.43 Å². The molecule has 0 saturated heterocycles. The van der Waals surface area contributed by atoms with E-state index in [1.807, 2.05) is 26.0 Å². The number of nitro benzene ring substituents is 1. The molecule has 0 radical (unpaired) electrons. The number of rotatable bonds is 6. The van der Waals surface area contributed by atoms with Gasteiger partial charge in [0.15, 0.2) is 6.61 Å². The van der Waals surface area contributed by atoms with Crippen molar-refractivity contribution in [3.8, 4) is 11.5 Å². The fraction of sp³-hybridized carbons (Fsp3) is 0.176. The highest BCUT2D eigenvalue weighted by molar-refractivity contribution is 9.10. The van der Waals surface area contributed by atoms with E-state index in [0.717, 1.165) is 17.3 Å². The van der Waals surface area contributed by atoms with E-state index in [4.69, 9.17) is 4.74 Å². The third-order valence-electron chi connectivity index (χ3n) is 3.59. The first kappa shape index (κ1) is 19.4. The second-order valence-electron chi connectivity index (χ2n) is 5.40. The summed E-state index contributed by atoms with van der Waals surface area (Å²) in [6.45, 7) is 3.59. The summed E-state index contributed by atoms with van der Waals surface area (Å²) in [5, 5.41) is 24.4. The second kappa shape index (κ2) is 8.43. The molecule has 0 unspecified atom stereocenters. The van der Waals surface area contributed by atoms with Crippen LogP contribution >= 0.6 is 15.9 Å². The van der Waals surface area contributed by atoms with Crippen molar-refractivity contribution in [2.24, 2.45) is 5.10 Å². The van der Waals surface area contributed by atoms with Crippen LogP contribution in [-0.4, -0.2) is 28.8 Å². The molecule has 0 saturated carbocycles. The Morgan fingerprint density at radius 3 is 2.85 bits per heavy atom. The van der Waals surface area contributed by atoms with Gasteiger partial charge in [0.05, 0.1) is 11.1 Å². The monoisotopic (exact) mass is 421 g/mol. The van der Waals surface area contributed by atoms with Crippen molar-refractivity contribution < 1.29 is 19.6 Å². The zero-order valence-corrected chi connectivity index (χ0v) is 15.6. The first-order chi connectivity index (χ1) is 12.3. The minimum Gasteiger partial charge on any atom is -0.502 e. The molecule has 0 atom stereocenters. The Hall–Kier alpha value is -2.94. The van der Waals surface area contributed by atoms with Gasteiger partial charge in [0.2, 0.25) is 5.75 Å². The van der Waals surface area contributed by atoms with Crippen LogP contribution < -0.4 is 10.2 Å². The first-order valence-electron chi connectivity index (χ1n) is 7.47. The number of phenolic OH excluding ortho intramolecular Hbond substituents is 1. The third-order valence-corrected chi connectivity index (χ3v) is 4.05. The second-order valence-corrected chi connectivity index (χ2v) is 6.32. The zero-order valence-electron chi connectivity index (χ0n) is 14.0. The minimum atomic E-state index is -0.714. The summed E-state index contributed by atoms with van der Waals surface area (Å²) in [4.78, 5) is 22.0. The molecule has 2 rings (SSSR count). The number of phenols is 1. The molecule has 0 aliphatic rings. The number of hydrogen-bond donors (Lipinski definition) is 2. The van der Waals surface area contributed by atoms with E-state index in [-0.39, 0.29) is 12.2 Å². The number of nitrogens with one attached hydrogen (secondary N) is 1. The summed E-state index contributed by atoms with van der Waals surface area (Å²) in [7, 11) is 0. The number of benzene rings is 2. The normalized spacial score (nSPS) is 10.7. The molecule has 0 aliphatic carbocycles.